The monoisotopic (exact) mass is 331 g/mol. The third-order valence-electron chi connectivity index (χ3n) is 3.56. The van der Waals surface area contributed by atoms with Crippen LogP contribution in [0, 0.1) is 12.7 Å². The van der Waals surface area contributed by atoms with Crippen LogP contribution in [0.3, 0.4) is 0 Å². The van der Waals surface area contributed by atoms with Crippen LogP contribution in [-0.4, -0.2) is 19.8 Å². The van der Waals surface area contributed by atoms with Crippen LogP contribution in [0.5, 0.6) is 0 Å². The summed E-state index contributed by atoms with van der Waals surface area (Å²) in [5, 5.41) is 3.96. The second-order valence-corrected chi connectivity index (χ2v) is 7.25. The highest BCUT2D eigenvalue weighted by atomic mass is 32.2. The number of sulfone groups is 1. The Balaban J connectivity index is 2.15. The van der Waals surface area contributed by atoms with E-state index in [0.29, 0.717) is 22.6 Å². The first-order valence-electron chi connectivity index (χ1n) is 6.89. The first-order valence-corrected chi connectivity index (χ1v) is 8.79. The molecular weight excluding hydrogens is 317 g/mol. The molecule has 6 heteroatoms. The van der Waals surface area contributed by atoms with Crippen molar-refractivity contribution in [2.24, 2.45) is 0 Å². The first-order chi connectivity index (χ1) is 10.9. The third-order valence-corrected chi connectivity index (χ3v) is 4.69. The average molecular weight is 331 g/mol. The summed E-state index contributed by atoms with van der Waals surface area (Å²) in [6, 6.07) is 12.7. The molecule has 0 fully saturated rings. The van der Waals surface area contributed by atoms with Crippen LogP contribution >= 0.6 is 0 Å². The molecule has 0 aliphatic carbocycles. The number of aryl methyl sites for hydroxylation is 1. The lowest BCUT2D eigenvalue weighted by molar-refractivity contribution is 0.400. The molecule has 118 valence electrons. The Bertz CT molecular complexity index is 960. The standard InChI is InChI=1S/C17H14FNO3S/c1-11-16(12-7-9-13(10-8-12)23(2,20)21)17(19-22-11)14-5-3-4-6-15(14)18/h3-10H,1-2H3. The lowest BCUT2D eigenvalue weighted by atomic mass is 9.99. The highest BCUT2D eigenvalue weighted by Crippen LogP contribution is 2.35. The van der Waals surface area contributed by atoms with E-state index in [-0.39, 0.29) is 4.90 Å². The van der Waals surface area contributed by atoms with Crippen LogP contribution < -0.4 is 0 Å². The summed E-state index contributed by atoms with van der Waals surface area (Å²) in [5.41, 5.74) is 2.10. The van der Waals surface area contributed by atoms with Crippen LogP contribution in [0.15, 0.2) is 57.9 Å². The zero-order valence-corrected chi connectivity index (χ0v) is 13.4. The maximum Gasteiger partial charge on any atom is 0.175 e. The Hall–Kier alpha value is -2.47. The second kappa shape index (κ2) is 5.62. The summed E-state index contributed by atoms with van der Waals surface area (Å²) in [6.07, 6.45) is 1.15. The number of benzene rings is 2. The molecule has 1 heterocycles. The molecule has 0 saturated heterocycles. The molecule has 0 radical (unpaired) electrons. The van der Waals surface area contributed by atoms with Gasteiger partial charge in [-0.05, 0) is 36.8 Å². The van der Waals surface area contributed by atoms with E-state index in [4.69, 9.17) is 4.52 Å². The van der Waals surface area contributed by atoms with E-state index in [1.807, 2.05) is 0 Å². The van der Waals surface area contributed by atoms with Gasteiger partial charge in [-0.1, -0.05) is 29.4 Å². The summed E-state index contributed by atoms with van der Waals surface area (Å²) >= 11 is 0. The molecule has 3 rings (SSSR count). The number of halogens is 1. The van der Waals surface area contributed by atoms with Gasteiger partial charge in [0.25, 0.3) is 0 Å². The van der Waals surface area contributed by atoms with Crippen LogP contribution in [0.4, 0.5) is 4.39 Å². The number of hydrogen-bond donors (Lipinski definition) is 0. The maximum atomic E-state index is 14.0. The lowest BCUT2D eigenvalue weighted by Crippen LogP contribution is -1.96. The van der Waals surface area contributed by atoms with Crippen LogP contribution in [0.2, 0.25) is 0 Å². The van der Waals surface area contributed by atoms with E-state index in [1.165, 1.54) is 18.2 Å². The third kappa shape index (κ3) is 2.90. The zero-order chi connectivity index (χ0) is 16.6. The van der Waals surface area contributed by atoms with Gasteiger partial charge in [0.2, 0.25) is 0 Å². The van der Waals surface area contributed by atoms with Crippen molar-refractivity contribution < 1.29 is 17.3 Å². The van der Waals surface area contributed by atoms with Crippen molar-refractivity contribution in [3.8, 4) is 22.4 Å². The first kappa shape index (κ1) is 15.4. The largest absolute Gasteiger partial charge is 0.360 e. The van der Waals surface area contributed by atoms with E-state index >= 15 is 0 Å². The molecule has 2 aromatic carbocycles. The van der Waals surface area contributed by atoms with Crippen molar-refractivity contribution in [1.82, 2.24) is 5.16 Å². The lowest BCUT2D eigenvalue weighted by Gasteiger charge is -2.05. The zero-order valence-electron chi connectivity index (χ0n) is 12.6. The summed E-state index contributed by atoms with van der Waals surface area (Å²) < 4.78 is 42.4. The molecule has 4 nitrogen and oxygen atoms in total. The Kier molecular flexibility index (Phi) is 3.77. The van der Waals surface area contributed by atoms with E-state index < -0.39 is 15.7 Å². The highest BCUT2D eigenvalue weighted by Gasteiger charge is 2.19. The van der Waals surface area contributed by atoms with Gasteiger partial charge in [-0.2, -0.15) is 0 Å². The second-order valence-electron chi connectivity index (χ2n) is 5.24. The molecule has 0 aliphatic rings. The fourth-order valence-electron chi connectivity index (χ4n) is 2.42. The van der Waals surface area contributed by atoms with Crippen molar-refractivity contribution >= 4 is 9.84 Å². The normalized spacial score (nSPS) is 11.6. The predicted molar refractivity (Wildman–Crippen MR) is 85.2 cm³/mol. The molecule has 0 amide bonds. The molecule has 0 spiro atoms. The molecule has 3 aromatic rings. The molecule has 0 aliphatic heterocycles. The van der Waals surface area contributed by atoms with Crippen molar-refractivity contribution in [2.75, 3.05) is 6.26 Å². The Labute approximate surface area is 133 Å². The predicted octanol–water partition coefficient (Wildman–Crippen LogP) is 3.86. The highest BCUT2D eigenvalue weighted by molar-refractivity contribution is 7.90. The van der Waals surface area contributed by atoms with Crippen molar-refractivity contribution in [2.45, 2.75) is 11.8 Å². The average Bonchev–Trinajstić information content (AvgIpc) is 2.88. The molecular formula is C17H14FNO3S. The van der Waals surface area contributed by atoms with Crippen molar-refractivity contribution in [3.63, 3.8) is 0 Å². The summed E-state index contributed by atoms with van der Waals surface area (Å²) in [6.45, 7) is 1.73. The minimum absolute atomic E-state index is 0.225. The molecule has 0 N–H and O–H groups in total. The van der Waals surface area contributed by atoms with Gasteiger partial charge in [-0.15, -0.1) is 0 Å². The summed E-state index contributed by atoms with van der Waals surface area (Å²) in [4.78, 5) is 0.225. The number of aromatic nitrogens is 1. The summed E-state index contributed by atoms with van der Waals surface area (Å²) in [5.74, 6) is 0.144. The van der Waals surface area contributed by atoms with Crippen LogP contribution in [0.1, 0.15) is 5.76 Å². The van der Waals surface area contributed by atoms with Gasteiger partial charge in [-0.25, -0.2) is 12.8 Å². The molecule has 0 unspecified atom stereocenters. The fraction of sp³-hybridized carbons (Fsp3) is 0.118. The van der Waals surface area contributed by atoms with Crippen LogP contribution in [-0.2, 0) is 9.84 Å². The number of nitrogens with zero attached hydrogens (tertiary/aromatic N) is 1. The number of hydrogen-bond acceptors (Lipinski definition) is 4. The Morgan fingerprint density at radius 1 is 1.04 bits per heavy atom. The van der Waals surface area contributed by atoms with Gasteiger partial charge < -0.3 is 4.52 Å². The fourth-order valence-corrected chi connectivity index (χ4v) is 3.05. The minimum atomic E-state index is -3.27. The molecule has 0 atom stereocenters. The van der Waals surface area contributed by atoms with Crippen molar-refractivity contribution in [3.05, 3.63) is 60.1 Å². The van der Waals surface area contributed by atoms with Crippen molar-refractivity contribution in [1.29, 1.82) is 0 Å². The SMILES string of the molecule is Cc1onc(-c2ccccc2F)c1-c1ccc(S(C)(=O)=O)cc1. The van der Waals surface area contributed by atoms with Gasteiger partial charge in [-0.3, -0.25) is 0 Å². The Morgan fingerprint density at radius 2 is 1.70 bits per heavy atom. The molecule has 0 saturated carbocycles. The van der Waals surface area contributed by atoms with Gasteiger partial charge in [0.1, 0.15) is 17.3 Å². The van der Waals surface area contributed by atoms with Crippen LogP contribution in [0.25, 0.3) is 22.4 Å². The van der Waals surface area contributed by atoms with E-state index in [1.54, 1.807) is 37.3 Å². The molecule has 1 aromatic heterocycles. The van der Waals surface area contributed by atoms with Gasteiger partial charge >= 0.3 is 0 Å². The summed E-state index contributed by atoms with van der Waals surface area (Å²) in [7, 11) is -3.27. The smallest absolute Gasteiger partial charge is 0.175 e. The van der Waals surface area contributed by atoms with Gasteiger partial charge in [0.15, 0.2) is 9.84 Å². The van der Waals surface area contributed by atoms with E-state index in [9.17, 15) is 12.8 Å². The van der Waals surface area contributed by atoms with Gasteiger partial charge in [0, 0.05) is 11.8 Å². The van der Waals surface area contributed by atoms with E-state index in [2.05, 4.69) is 5.16 Å². The Morgan fingerprint density at radius 3 is 2.30 bits per heavy atom. The van der Waals surface area contributed by atoms with E-state index in [0.717, 1.165) is 11.8 Å². The van der Waals surface area contributed by atoms with Gasteiger partial charge in [0.05, 0.1) is 10.5 Å². The maximum absolute atomic E-state index is 14.0. The quantitative estimate of drug-likeness (QED) is 0.731. The molecule has 0 bridgehead atoms. The number of rotatable bonds is 3. The topological polar surface area (TPSA) is 60.2 Å². The minimum Gasteiger partial charge on any atom is -0.360 e. The molecule has 23 heavy (non-hydrogen) atoms.